The Morgan fingerprint density at radius 3 is 2.70 bits per heavy atom. The highest BCUT2D eigenvalue weighted by atomic mass is 32.2. The second kappa shape index (κ2) is 5.06. The van der Waals surface area contributed by atoms with Gasteiger partial charge in [0.05, 0.1) is 11.4 Å². The maximum absolute atomic E-state index is 10.8. The van der Waals surface area contributed by atoms with Crippen molar-refractivity contribution >= 4 is 27.0 Å². The van der Waals surface area contributed by atoms with Gasteiger partial charge in [-0.15, -0.1) is 0 Å². The molecule has 0 aliphatic heterocycles. The lowest BCUT2D eigenvalue weighted by Crippen LogP contribution is -2.10. The van der Waals surface area contributed by atoms with Crippen LogP contribution >= 0.6 is 0 Å². The molecule has 20 heavy (non-hydrogen) atoms. The van der Waals surface area contributed by atoms with E-state index in [0.29, 0.717) is 11.5 Å². The van der Waals surface area contributed by atoms with Gasteiger partial charge in [-0.25, -0.2) is 0 Å². The minimum Gasteiger partial charge on any atom is -0.356 e. The van der Waals surface area contributed by atoms with E-state index in [9.17, 15) is 8.42 Å². The first-order valence-corrected chi connectivity index (χ1v) is 8.11. The van der Waals surface area contributed by atoms with E-state index < -0.39 is 10.3 Å². The van der Waals surface area contributed by atoms with Crippen LogP contribution in [0.2, 0.25) is 0 Å². The fourth-order valence-electron chi connectivity index (χ4n) is 2.84. The summed E-state index contributed by atoms with van der Waals surface area (Å²) >= 11 is 0. The molecular formula is C13H16N2O4S. The van der Waals surface area contributed by atoms with E-state index in [-0.39, 0.29) is 5.69 Å². The van der Waals surface area contributed by atoms with Crippen LogP contribution in [-0.2, 0) is 10.3 Å². The van der Waals surface area contributed by atoms with Crippen LogP contribution in [0.5, 0.6) is 0 Å². The van der Waals surface area contributed by atoms with Gasteiger partial charge >= 0.3 is 10.3 Å². The first kappa shape index (κ1) is 13.4. The number of fused-ring (bicyclic) bond motifs is 1. The first-order valence-electron chi connectivity index (χ1n) is 6.67. The molecule has 0 spiro atoms. The second-order valence-electron chi connectivity index (χ2n) is 5.19. The zero-order valence-electron chi connectivity index (χ0n) is 10.9. The minimum absolute atomic E-state index is 0.256. The van der Waals surface area contributed by atoms with Crippen LogP contribution in [0.3, 0.4) is 0 Å². The normalized spacial score (nSPS) is 17.4. The van der Waals surface area contributed by atoms with E-state index in [2.05, 4.69) is 5.16 Å². The number of anilines is 1. The first-order chi connectivity index (χ1) is 9.53. The van der Waals surface area contributed by atoms with Gasteiger partial charge in [-0.3, -0.25) is 9.27 Å². The Morgan fingerprint density at radius 2 is 2.00 bits per heavy atom. The highest BCUT2D eigenvalue weighted by Crippen LogP contribution is 2.36. The van der Waals surface area contributed by atoms with Crippen molar-refractivity contribution in [1.82, 2.24) is 5.16 Å². The Kier molecular flexibility index (Phi) is 3.39. The molecule has 1 heterocycles. The summed E-state index contributed by atoms with van der Waals surface area (Å²) in [7, 11) is -4.27. The monoisotopic (exact) mass is 296 g/mol. The third-order valence-electron chi connectivity index (χ3n) is 3.74. The van der Waals surface area contributed by atoms with Gasteiger partial charge in [0.1, 0.15) is 0 Å². The van der Waals surface area contributed by atoms with Gasteiger partial charge in [0.25, 0.3) is 0 Å². The highest BCUT2D eigenvalue weighted by Gasteiger charge is 2.21. The molecule has 0 radical (unpaired) electrons. The van der Waals surface area contributed by atoms with Gasteiger partial charge in [0.15, 0.2) is 5.58 Å². The Bertz CT molecular complexity index is 717. The summed E-state index contributed by atoms with van der Waals surface area (Å²) in [5, 5.41) is 5.06. The number of rotatable bonds is 3. The molecule has 1 aromatic heterocycles. The maximum Gasteiger partial charge on any atom is 0.357 e. The van der Waals surface area contributed by atoms with Crippen molar-refractivity contribution in [2.45, 2.75) is 38.0 Å². The zero-order valence-corrected chi connectivity index (χ0v) is 11.7. The Balaban J connectivity index is 1.93. The average molecular weight is 296 g/mol. The third-order valence-corrected chi connectivity index (χ3v) is 4.23. The molecule has 1 aliphatic rings. The number of nitrogens with zero attached hydrogens (tertiary/aromatic N) is 1. The number of hydrogen-bond donors (Lipinski definition) is 2. The van der Waals surface area contributed by atoms with Crippen LogP contribution < -0.4 is 4.72 Å². The quantitative estimate of drug-likeness (QED) is 0.849. The summed E-state index contributed by atoms with van der Waals surface area (Å²) < 4.78 is 37.6. The lowest BCUT2D eigenvalue weighted by molar-refractivity contribution is 0.396. The molecule has 2 aromatic rings. The molecule has 1 aromatic carbocycles. The van der Waals surface area contributed by atoms with Gasteiger partial charge in [0.2, 0.25) is 0 Å². The van der Waals surface area contributed by atoms with Crippen LogP contribution in [-0.4, -0.2) is 18.1 Å². The van der Waals surface area contributed by atoms with Crippen LogP contribution in [0, 0.1) is 0 Å². The second-order valence-corrected chi connectivity index (χ2v) is 6.35. The topological polar surface area (TPSA) is 92.4 Å². The fourth-order valence-corrected chi connectivity index (χ4v) is 3.26. The van der Waals surface area contributed by atoms with Crippen molar-refractivity contribution in [3.8, 4) is 0 Å². The molecule has 1 aliphatic carbocycles. The Labute approximate surface area is 117 Å². The van der Waals surface area contributed by atoms with Gasteiger partial charge < -0.3 is 4.52 Å². The summed E-state index contributed by atoms with van der Waals surface area (Å²) in [6, 6.07) is 4.91. The minimum atomic E-state index is -4.27. The predicted octanol–water partition coefficient (Wildman–Crippen LogP) is 3.09. The summed E-state index contributed by atoms with van der Waals surface area (Å²) in [4.78, 5) is 0. The molecule has 6 nitrogen and oxygen atoms in total. The van der Waals surface area contributed by atoms with Gasteiger partial charge in [-0.2, -0.15) is 8.42 Å². The zero-order chi connectivity index (χ0) is 14.2. The predicted molar refractivity (Wildman–Crippen MR) is 75.0 cm³/mol. The van der Waals surface area contributed by atoms with Crippen LogP contribution in [0.25, 0.3) is 11.0 Å². The van der Waals surface area contributed by atoms with Crippen molar-refractivity contribution in [2.24, 2.45) is 0 Å². The van der Waals surface area contributed by atoms with Crippen molar-refractivity contribution in [3.05, 3.63) is 23.9 Å². The van der Waals surface area contributed by atoms with Crippen molar-refractivity contribution in [2.75, 3.05) is 4.72 Å². The largest absolute Gasteiger partial charge is 0.357 e. The van der Waals surface area contributed by atoms with Crippen molar-refractivity contribution in [1.29, 1.82) is 0 Å². The molecule has 1 fully saturated rings. The van der Waals surface area contributed by atoms with E-state index in [1.54, 1.807) is 12.1 Å². The molecule has 0 amide bonds. The molecule has 7 heteroatoms. The summed E-state index contributed by atoms with van der Waals surface area (Å²) in [5.41, 5.74) is 1.74. The Hall–Kier alpha value is -1.60. The molecule has 2 N–H and O–H groups in total. The van der Waals surface area contributed by atoms with Crippen molar-refractivity contribution in [3.63, 3.8) is 0 Å². The van der Waals surface area contributed by atoms with E-state index in [1.807, 2.05) is 4.72 Å². The number of nitrogens with one attached hydrogen (secondary N) is 1. The van der Waals surface area contributed by atoms with Crippen molar-refractivity contribution < 1.29 is 17.5 Å². The molecular weight excluding hydrogens is 280 g/mol. The summed E-state index contributed by atoms with van der Waals surface area (Å²) in [5.74, 6) is 0.422. The molecule has 0 atom stereocenters. The maximum atomic E-state index is 10.8. The lowest BCUT2D eigenvalue weighted by atomic mass is 9.86. The standard InChI is InChI=1S/C13H16N2O4S/c16-20(17,18)15-10-6-7-11-12(8-10)19-14-13(11)9-4-2-1-3-5-9/h6-9,15H,1-5H2,(H,16,17,18). The van der Waals surface area contributed by atoms with E-state index in [1.165, 1.54) is 25.3 Å². The number of hydrogen-bond acceptors (Lipinski definition) is 4. The molecule has 0 unspecified atom stereocenters. The average Bonchev–Trinajstić information content (AvgIpc) is 2.81. The molecule has 3 rings (SSSR count). The summed E-state index contributed by atoms with van der Waals surface area (Å²) in [6.07, 6.45) is 5.93. The molecule has 108 valence electrons. The van der Waals surface area contributed by atoms with Crippen LogP contribution in [0.1, 0.15) is 43.7 Å². The van der Waals surface area contributed by atoms with E-state index >= 15 is 0 Å². The van der Waals surface area contributed by atoms with Gasteiger partial charge in [-0.05, 0) is 25.0 Å². The molecule has 0 saturated heterocycles. The van der Waals surface area contributed by atoms with Crippen LogP contribution in [0.15, 0.2) is 22.7 Å². The number of benzene rings is 1. The van der Waals surface area contributed by atoms with Crippen LogP contribution in [0.4, 0.5) is 5.69 Å². The third kappa shape index (κ3) is 2.78. The summed E-state index contributed by atoms with van der Waals surface area (Å²) in [6.45, 7) is 0. The van der Waals surface area contributed by atoms with Gasteiger partial charge in [-0.1, -0.05) is 24.4 Å². The Morgan fingerprint density at radius 1 is 1.25 bits per heavy atom. The SMILES string of the molecule is O=S(=O)(O)Nc1ccc2c(C3CCCCC3)noc2c1. The smallest absolute Gasteiger partial charge is 0.356 e. The lowest BCUT2D eigenvalue weighted by Gasteiger charge is -2.19. The fraction of sp³-hybridized carbons (Fsp3) is 0.462. The van der Waals surface area contributed by atoms with E-state index in [0.717, 1.165) is 23.9 Å². The molecule has 0 bridgehead atoms. The molecule has 1 saturated carbocycles. The van der Waals surface area contributed by atoms with Gasteiger partial charge in [0, 0.05) is 17.4 Å². The van der Waals surface area contributed by atoms with E-state index in [4.69, 9.17) is 9.08 Å². The highest BCUT2D eigenvalue weighted by molar-refractivity contribution is 7.87. The number of aromatic nitrogens is 1.